The maximum atomic E-state index is 12.0. The maximum Gasteiger partial charge on any atom is 0.324 e. The monoisotopic (exact) mass is 293 g/mol. The highest BCUT2D eigenvalue weighted by Crippen LogP contribution is 2.31. The highest BCUT2D eigenvalue weighted by molar-refractivity contribution is 5.81. The van der Waals surface area contributed by atoms with Crippen LogP contribution in [0.4, 0.5) is 5.95 Å². The predicted molar refractivity (Wildman–Crippen MR) is 74.4 cm³/mol. The lowest BCUT2D eigenvalue weighted by Gasteiger charge is -2.34. The molecule has 3 rings (SSSR count). The quantitative estimate of drug-likeness (QED) is 0.769. The molecule has 8 heteroatoms. The van der Waals surface area contributed by atoms with Gasteiger partial charge in [-0.25, -0.2) is 0 Å². The maximum absolute atomic E-state index is 12.0. The number of rotatable bonds is 4. The molecule has 1 amide bonds. The Bertz CT molecular complexity index is 504. The summed E-state index contributed by atoms with van der Waals surface area (Å²) < 4.78 is 10.1. The molecule has 1 aliphatic carbocycles. The molecule has 21 heavy (non-hydrogen) atoms. The molecule has 0 unspecified atom stereocenters. The summed E-state index contributed by atoms with van der Waals surface area (Å²) in [5, 5.41) is 0. The molecule has 8 nitrogen and oxygen atoms in total. The second-order valence-electron chi connectivity index (χ2n) is 5.20. The van der Waals surface area contributed by atoms with Gasteiger partial charge in [0.1, 0.15) is 0 Å². The zero-order chi connectivity index (χ0) is 14.8. The first-order valence-corrected chi connectivity index (χ1v) is 7.09. The minimum Gasteiger partial charge on any atom is -0.467 e. The van der Waals surface area contributed by atoms with Crippen LogP contribution in [0.5, 0.6) is 12.0 Å². The summed E-state index contributed by atoms with van der Waals surface area (Å²) in [4.78, 5) is 28.4. The number of piperazine rings is 1. The first kappa shape index (κ1) is 13.8. The topological polar surface area (TPSA) is 80.7 Å². The Morgan fingerprint density at radius 3 is 2.05 bits per heavy atom. The van der Waals surface area contributed by atoms with Crippen LogP contribution in [0.2, 0.25) is 0 Å². The van der Waals surface area contributed by atoms with Crippen LogP contribution in [-0.4, -0.2) is 66.2 Å². The third-order valence-electron chi connectivity index (χ3n) is 3.75. The number of nitrogens with zero attached hydrogens (tertiary/aromatic N) is 5. The van der Waals surface area contributed by atoms with Crippen LogP contribution in [0.25, 0.3) is 0 Å². The van der Waals surface area contributed by atoms with E-state index >= 15 is 0 Å². The average molecular weight is 293 g/mol. The van der Waals surface area contributed by atoms with Crippen LogP contribution in [0, 0.1) is 5.92 Å². The Morgan fingerprint density at radius 1 is 1.00 bits per heavy atom. The van der Waals surface area contributed by atoms with Crippen LogP contribution in [0.3, 0.4) is 0 Å². The molecular formula is C13H19N5O3. The molecule has 0 atom stereocenters. The van der Waals surface area contributed by atoms with Crippen LogP contribution >= 0.6 is 0 Å². The van der Waals surface area contributed by atoms with Crippen molar-refractivity contribution in [1.29, 1.82) is 0 Å². The molecule has 1 aromatic heterocycles. The fraction of sp³-hybridized carbons (Fsp3) is 0.692. The van der Waals surface area contributed by atoms with Gasteiger partial charge in [-0.05, 0) is 12.8 Å². The van der Waals surface area contributed by atoms with Gasteiger partial charge in [0.2, 0.25) is 11.9 Å². The fourth-order valence-corrected chi connectivity index (χ4v) is 2.37. The second kappa shape index (κ2) is 5.71. The van der Waals surface area contributed by atoms with Gasteiger partial charge >= 0.3 is 12.0 Å². The van der Waals surface area contributed by atoms with E-state index in [-0.39, 0.29) is 17.9 Å². The average Bonchev–Trinajstić information content (AvgIpc) is 3.38. The molecule has 0 aromatic carbocycles. The van der Waals surface area contributed by atoms with Gasteiger partial charge in [0.15, 0.2) is 0 Å². The lowest BCUT2D eigenvalue weighted by Crippen LogP contribution is -2.49. The van der Waals surface area contributed by atoms with Crippen LogP contribution < -0.4 is 14.4 Å². The largest absolute Gasteiger partial charge is 0.467 e. The van der Waals surface area contributed by atoms with E-state index < -0.39 is 0 Å². The fourth-order valence-electron chi connectivity index (χ4n) is 2.37. The molecule has 114 valence electrons. The highest BCUT2D eigenvalue weighted by atomic mass is 16.5. The van der Waals surface area contributed by atoms with Crippen molar-refractivity contribution < 1.29 is 14.3 Å². The van der Waals surface area contributed by atoms with Gasteiger partial charge in [-0.15, -0.1) is 4.98 Å². The molecule has 1 saturated carbocycles. The Morgan fingerprint density at radius 2 is 1.57 bits per heavy atom. The number of carbonyl (C=O) groups excluding carboxylic acids is 1. The minimum atomic E-state index is 0.230. The van der Waals surface area contributed by atoms with E-state index in [2.05, 4.69) is 15.0 Å². The standard InChI is InChI=1S/C13H19N5O3/c1-20-12-14-11(15-13(16-12)21-2)18-7-5-17(6-8-18)10(19)9-3-4-9/h9H,3-8H2,1-2H3. The number of aromatic nitrogens is 3. The summed E-state index contributed by atoms with van der Waals surface area (Å²) in [5.41, 5.74) is 0. The highest BCUT2D eigenvalue weighted by Gasteiger charge is 2.35. The summed E-state index contributed by atoms with van der Waals surface area (Å²) in [6, 6.07) is 0.460. The molecule has 0 radical (unpaired) electrons. The summed E-state index contributed by atoms with van der Waals surface area (Å²) >= 11 is 0. The molecule has 0 spiro atoms. The van der Waals surface area contributed by atoms with Gasteiger partial charge in [0.25, 0.3) is 0 Å². The normalized spacial score (nSPS) is 18.6. The van der Waals surface area contributed by atoms with E-state index in [9.17, 15) is 4.79 Å². The molecule has 2 aliphatic rings. The van der Waals surface area contributed by atoms with Crippen molar-refractivity contribution >= 4 is 11.9 Å². The molecule has 1 aliphatic heterocycles. The van der Waals surface area contributed by atoms with E-state index in [4.69, 9.17) is 9.47 Å². The Balaban J connectivity index is 1.67. The van der Waals surface area contributed by atoms with Crippen molar-refractivity contribution in [3.8, 4) is 12.0 Å². The first-order valence-electron chi connectivity index (χ1n) is 7.09. The molecule has 0 bridgehead atoms. The SMILES string of the molecule is COc1nc(OC)nc(N2CCN(C(=O)C3CC3)CC2)n1. The number of hydrogen-bond acceptors (Lipinski definition) is 7. The van der Waals surface area contributed by atoms with Gasteiger partial charge in [0.05, 0.1) is 14.2 Å². The molecule has 1 saturated heterocycles. The second-order valence-corrected chi connectivity index (χ2v) is 5.20. The predicted octanol–water partition coefficient (Wildman–Crippen LogP) is -0.0526. The Kier molecular flexibility index (Phi) is 3.76. The van der Waals surface area contributed by atoms with E-state index in [0.29, 0.717) is 38.0 Å². The lowest BCUT2D eigenvalue weighted by atomic mass is 10.3. The third kappa shape index (κ3) is 2.98. The number of hydrogen-bond donors (Lipinski definition) is 0. The van der Waals surface area contributed by atoms with Crippen molar-refractivity contribution in [3.63, 3.8) is 0 Å². The number of amides is 1. The van der Waals surface area contributed by atoms with E-state index in [1.165, 1.54) is 14.2 Å². The number of ether oxygens (including phenoxy) is 2. The zero-order valence-electron chi connectivity index (χ0n) is 12.3. The summed E-state index contributed by atoms with van der Waals surface area (Å²) in [6.45, 7) is 2.81. The minimum absolute atomic E-state index is 0.230. The number of methoxy groups -OCH3 is 2. The van der Waals surface area contributed by atoms with Gasteiger partial charge in [-0.2, -0.15) is 9.97 Å². The van der Waals surface area contributed by atoms with Gasteiger partial charge in [-0.3, -0.25) is 4.79 Å². The van der Waals surface area contributed by atoms with Crippen molar-refractivity contribution in [2.45, 2.75) is 12.8 Å². The summed E-state index contributed by atoms with van der Waals surface area (Å²) in [7, 11) is 3.01. The van der Waals surface area contributed by atoms with Crippen molar-refractivity contribution in [2.75, 3.05) is 45.3 Å². The van der Waals surface area contributed by atoms with Gasteiger partial charge in [0, 0.05) is 32.1 Å². The summed E-state index contributed by atoms with van der Waals surface area (Å²) in [5.74, 6) is 1.09. The van der Waals surface area contributed by atoms with Crippen LogP contribution in [0.1, 0.15) is 12.8 Å². The molecular weight excluding hydrogens is 274 g/mol. The Hall–Kier alpha value is -2.12. The Labute approximate surface area is 123 Å². The zero-order valence-corrected chi connectivity index (χ0v) is 12.3. The molecule has 0 N–H and O–H groups in total. The van der Waals surface area contributed by atoms with E-state index in [1.807, 2.05) is 9.80 Å². The smallest absolute Gasteiger partial charge is 0.324 e. The lowest BCUT2D eigenvalue weighted by molar-refractivity contribution is -0.132. The number of anilines is 1. The molecule has 1 aromatic rings. The number of carbonyl (C=O) groups is 1. The van der Waals surface area contributed by atoms with Crippen LogP contribution in [-0.2, 0) is 4.79 Å². The van der Waals surface area contributed by atoms with Crippen LogP contribution in [0.15, 0.2) is 0 Å². The first-order chi connectivity index (χ1) is 10.2. The van der Waals surface area contributed by atoms with Gasteiger partial charge < -0.3 is 19.3 Å². The van der Waals surface area contributed by atoms with Crippen molar-refractivity contribution in [1.82, 2.24) is 19.9 Å². The van der Waals surface area contributed by atoms with E-state index in [0.717, 1.165) is 12.8 Å². The molecule has 2 fully saturated rings. The summed E-state index contributed by atoms with van der Waals surface area (Å²) in [6.07, 6.45) is 2.09. The molecule has 2 heterocycles. The van der Waals surface area contributed by atoms with Crippen molar-refractivity contribution in [2.24, 2.45) is 5.92 Å². The van der Waals surface area contributed by atoms with E-state index in [1.54, 1.807) is 0 Å². The van der Waals surface area contributed by atoms with Crippen molar-refractivity contribution in [3.05, 3.63) is 0 Å². The third-order valence-corrected chi connectivity index (χ3v) is 3.75. The van der Waals surface area contributed by atoms with Gasteiger partial charge in [-0.1, -0.05) is 0 Å².